The van der Waals surface area contributed by atoms with Gasteiger partial charge in [-0.05, 0) is 42.3 Å². The monoisotopic (exact) mass is 364 g/mol. The third-order valence-electron chi connectivity index (χ3n) is 3.24. The second kappa shape index (κ2) is 9.00. The predicted octanol–water partition coefficient (Wildman–Crippen LogP) is 5.15. The summed E-state index contributed by atoms with van der Waals surface area (Å²) >= 11 is 1.81. The molecule has 0 saturated carbocycles. The minimum atomic E-state index is 0. The molecule has 0 spiro atoms. The molecule has 3 N–H and O–H groups in total. The van der Waals surface area contributed by atoms with E-state index in [1.165, 1.54) is 4.90 Å². The number of amides is 1. The number of nitrogens with two attached hydrogens (primary N) is 1. The van der Waals surface area contributed by atoms with Crippen LogP contribution in [0.4, 0.5) is 11.4 Å². The molecule has 1 amide bonds. The van der Waals surface area contributed by atoms with Gasteiger partial charge >= 0.3 is 0 Å². The number of aryl methyl sites for hydroxylation is 1. The molecular formula is C19H25ClN2OS. The maximum absolute atomic E-state index is 12.1. The van der Waals surface area contributed by atoms with E-state index in [0.29, 0.717) is 12.8 Å². The quantitative estimate of drug-likeness (QED) is 0.569. The number of halogens is 1. The molecule has 0 aliphatic carbocycles. The second-order valence-corrected chi connectivity index (χ2v) is 8.39. The van der Waals surface area contributed by atoms with Crippen molar-refractivity contribution in [2.45, 2.75) is 43.3 Å². The fourth-order valence-corrected chi connectivity index (χ4v) is 3.17. The van der Waals surface area contributed by atoms with E-state index in [1.807, 2.05) is 60.3 Å². The van der Waals surface area contributed by atoms with E-state index in [-0.39, 0.29) is 23.1 Å². The van der Waals surface area contributed by atoms with Crippen LogP contribution >= 0.6 is 24.2 Å². The van der Waals surface area contributed by atoms with Crippen molar-refractivity contribution in [1.29, 1.82) is 0 Å². The Morgan fingerprint density at radius 2 is 1.71 bits per heavy atom. The minimum absolute atomic E-state index is 0. The molecule has 2 aromatic carbocycles. The number of hydrogen-bond acceptors (Lipinski definition) is 3. The summed E-state index contributed by atoms with van der Waals surface area (Å²) in [7, 11) is 0. The Balaban J connectivity index is 0.00000288. The minimum Gasteiger partial charge on any atom is -0.399 e. The summed E-state index contributed by atoms with van der Waals surface area (Å²) in [5, 5.41) is 2.93. The molecule has 2 aromatic rings. The summed E-state index contributed by atoms with van der Waals surface area (Å²) in [5.74, 6) is 0.00415. The Hall–Kier alpha value is -1.65. The van der Waals surface area contributed by atoms with Gasteiger partial charge in [-0.25, -0.2) is 0 Å². The van der Waals surface area contributed by atoms with Gasteiger partial charge in [0.05, 0.1) is 0 Å². The van der Waals surface area contributed by atoms with E-state index in [4.69, 9.17) is 5.73 Å². The first-order valence-corrected chi connectivity index (χ1v) is 8.57. The van der Waals surface area contributed by atoms with Crippen LogP contribution in [-0.4, -0.2) is 10.7 Å². The zero-order valence-corrected chi connectivity index (χ0v) is 16.0. The molecule has 0 saturated heterocycles. The summed E-state index contributed by atoms with van der Waals surface area (Å²) in [5.41, 5.74) is 8.47. The Morgan fingerprint density at radius 3 is 2.29 bits per heavy atom. The number of rotatable bonds is 5. The van der Waals surface area contributed by atoms with Crippen molar-refractivity contribution >= 4 is 41.5 Å². The highest BCUT2D eigenvalue weighted by Crippen LogP contribution is 2.32. The van der Waals surface area contributed by atoms with Crippen molar-refractivity contribution in [3.8, 4) is 0 Å². The van der Waals surface area contributed by atoms with Crippen LogP contribution in [0.2, 0.25) is 0 Å². The van der Waals surface area contributed by atoms with Crippen molar-refractivity contribution < 1.29 is 4.79 Å². The predicted molar refractivity (Wildman–Crippen MR) is 107 cm³/mol. The van der Waals surface area contributed by atoms with Gasteiger partial charge in [0.1, 0.15) is 0 Å². The highest BCUT2D eigenvalue weighted by Gasteiger charge is 2.12. The highest BCUT2D eigenvalue weighted by molar-refractivity contribution is 8.00. The summed E-state index contributed by atoms with van der Waals surface area (Å²) in [4.78, 5) is 13.3. The van der Waals surface area contributed by atoms with Crippen LogP contribution in [0, 0.1) is 0 Å². The molecule has 2 rings (SSSR count). The van der Waals surface area contributed by atoms with E-state index in [0.717, 1.165) is 16.9 Å². The second-order valence-electron chi connectivity index (χ2n) is 6.49. The van der Waals surface area contributed by atoms with Crippen molar-refractivity contribution in [3.05, 3.63) is 54.1 Å². The van der Waals surface area contributed by atoms with Crippen LogP contribution in [0.25, 0.3) is 0 Å². The maximum Gasteiger partial charge on any atom is 0.224 e. The molecule has 0 atom stereocenters. The third-order valence-corrected chi connectivity index (χ3v) is 4.36. The van der Waals surface area contributed by atoms with Gasteiger partial charge in [0.25, 0.3) is 0 Å². The van der Waals surface area contributed by atoms with Crippen molar-refractivity contribution in [2.75, 3.05) is 11.1 Å². The molecule has 0 aliphatic rings. The average molecular weight is 365 g/mol. The summed E-state index contributed by atoms with van der Waals surface area (Å²) in [6.45, 7) is 6.55. The zero-order valence-electron chi connectivity index (χ0n) is 14.3. The van der Waals surface area contributed by atoms with Gasteiger partial charge in [0.15, 0.2) is 0 Å². The molecule has 130 valence electrons. The Bertz CT molecular complexity index is 666. The van der Waals surface area contributed by atoms with Crippen molar-refractivity contribution in [1.82, 2.24) is 0 Å². The van der Waals surface area contributed by atoms with E-state index >= 15 is 0 Å². The summed E-state index contributed by atoms with van der Waals surface area (Å²) in [6.07, 6.45) is 1.07. The van der Waals surface area contributed by atoms with E-state index < -0.39 is 0 Å². The van der Waals surface area contributed by atoms with E-state index in [9.17, 15) is 4.79 Å². The average Bonchev–Trinajstić information content (AvgIpc) is 2.47. The Kier molecular flexibility index (Phi) is 7.64. The number of carbonyl (C=O) groups is 1. The molecule has 3 nitrogen and oxygen atoms in total. The molecule has 0 aromatic heterocycles. The Morgan fingerprint density at radius 1 is 1.08 bits per heavy atom. The molecule has 0 bridgehead atoms. The van der Waals surface area contributed by atoms with Crippen molar-refractivity contribution in [3.63, 3.8) is 0 Å². The lowest BCUT2D eigenvalue weighted by Gasteiger charge is -2.17. The topological polar surface area (TPSA) is 55.1 Å². The number of benzene rings is 2. The number of para-hydroxylation sites is 1. The fraction of sp³-hybridized carbons (Fsp3) is 0.316. The lowest BCUT2D eigenvalue weighted by atomic mass is 10.1. The highest BCUT2D eigenvalue weighted by atomic mass is 35.5. The third kappa shape index (κ3) is 6.85. The van der Waals surface area contributed by atoms with Gasteiger partial charge in [-0.2, -0.15) is 0 Å². The van der Waals surface area contributed by atoms with Gasteiger partial charge < -0.3 is 11.1 Å². The SMILES string of the molecule is CC(C)(C)Sc1ccc(NC(=O)CCc2ccccc2N)cc1.Cl. The number of thioether (sulfide) groups is 1. The van der Waals surface area contributed by atoms with Crippen LogP contribution in [-0.2, 0) is 11.2 Å². The van der Waals surface area contributed by atoms with Gasteiger partial charge in [-0.15, -0.1) is 24.2 Å². The molecule has 24 heavy (non-hydrogen) atoms. The number of hydrogen-bond donors (Lipinski definition) is 2. The van der Waals surface area contributed by atoms with E-state index in [2.05, 4.69) is 26.1 Å². The first kappa shape index (κ1) is 20.4. The molecule has 0 radical (unpaired) electrons. The summed E-state index contributed by atoms with van der Waals surface area (Å²) < 4.78 is 0.181. The molecule has 0 heterocycles. The van der Waals surface area contributed by atoms with Crippen LogP contribution in [0.15, 0.2) is 53.4 Å². The van der Waals surface area contributed by atoms with Gasteiger partial charge in [-0.3, -0.25) is 4.79 Å². The zero-order chi connectivity index (χ0) is 16.9. The molecule has 0 aliphatic heterocycles. The number of carbonyl (C=O) groups excluding carboxylic acids is 1. The van der Waals surface area contributed by atoms with Gasteiger partial charge in [0.2, 0.25) is 5.91 Å². The number of anilines is 2. The lowest BCUT2D eigenvalue weighted by Crippen LogP contribution is -2.12. The smallest absolute Gasteiger partial charge is 0.224 e. The maximum atomic E-state index is 12.1. The van der Waals surface area contributed by atoms with E-state index in [1.54, 1.807) is 0 Å². The van der Waals surface area contributed by atoms with Crippen LogP contribution in [0.1, 0.15) is 32.8 Å². The molecule has 5 heteroatoms. The first-order valence-electron chi connectivity index (χ1n) is 7.76. The largest absolute Gasteiger partial charge is 0.399 e. The lowest BCUT2D eigenvalue weighted by molar-refractivity contribution is -0.116. The number of nitrogens with one attached hydrogen (secondary N) is 1. The normalized spacial score (nSPS) is 10.8. The number of nitrogen functional groups attached to an aromatic ring is 1. The first-order chi connectivity index (χ1) is 10.8. The Labute approximate surface area is 154 Å². The standard InChI is InChI=1S/C19H24N2OS.ClH/c1-19(2,3)23-16-11-9-15(10-12-16)21-18(22)13-8-14-6-4-5-7-17(14)20;/h4-7,9-12H,8,13,20H2,1-3H3,(H,21,22);1H. The summed E-state index contributed by atoms with van der Waals surface area (Å²) in [6, 6.07) is 15.6. The van der Waals surface area contributed by atoms with Gasteiger partial charge in [-0.1, -0.05) is 39.0 Å². The fourth-order valence-electron chi connectivity index (χ4n) is 2.19. The van der Waals surface area contributed by atoms with Crippen LogP contribution in [0.3, 0.4) is 0 Å². The molecule has 0 unspecified atom stereocenters. The van der Waals surface area contributed by atoms with Crippen molar-refractivity contribution in [2.24, 2.45) is 0 Å². The van der Waals surface area contributed by atoms with Crippen LogP contribution in [0.5, 0.6) is 0 Å². The molecule has 0 fully saturated rings. The van der Waals surface area contributed by atoms with Crippen LogP contribution < -0.4 is 11.1 Å². The van der Waals surface area contributed by atoms with Gasteiger partial charge in [0, 0.05) is 27.4 Å². The molecular weight excluding hydrogens is 340 g/mol.